The molecule has 1 N–H and O–H groups in total. The van der Waals surface area contributed by atoms with E-state index in [1.165, 1.54) is 47.3 Å². The van der Waals surface area contributed by atoms with E-state index in [-0.39, 0.29) is 48.1 Å². The predicted molar refractivity (Wildman–Crippen MR) is 152 cm³/mol. The molecule has 0 aromatic carbocycles. The van der Waals surface area contributed by atoms with Crippen LogP contribution in [0.25, 0.3) is 22.4 Å². The number of anilines is 2. The number of carbonyl (C=O) groups excluding carboxylic acids is 1. The van der Waals surface area contributed by atoms with E-state index in [0.717, 1.165) is 9.47 Å². The van der Waals surface area contributed by atoms with Gasteiger partial charge in [-0.15, -0.1) is 0 Å². The number of halogens is 3. The second kappa shape index (κ2) is 11.3. The van der Waals surface area contributed by atoms with Crippen molar-refractivity contribution in [2.45, 2.75) is 51.5 Å². The lowest BCUT2D eigenvalue weighted by atomic mass is 10.2. The molecule has 0 radical (unpaired) electrons. The number of alkyl halides is 3. The number of hydrogen-bond acceptors (Lipinski definition) is 11. The zero-order valence-electron chi connectivity index (χ0n) is 24.2. The molecular formula is C27H26F3N11O4. The Kier molecular flexibility index (Phi) is 7.41. The van der Waals surface area contributed by atoms with E-state index in [1.807, 2.05) is 0 Å². The molecule has 6 rings (SSSR count). The van der Waals surface area contributed by atoms with Crippen LogP contribution in [0.2, 0.25) is 0 Å². The number of carbonyl (C=O) groups is 1. The molecule has 1 saturated heterocycles. The topological polar surface area (TPSA) is 172 Å². The normalized spacial score (nSPS) is 16.0. The van der Waals surface area contributed by atoms with Crippen molar-refractivity contribution in [2.75, 3.05) is 16.8 Å². The second-order valence-corrected chi connectivity index (χ2v) is 10.6. The Labute approximate surface area is 251 Å². The van der Waals surface area contributed by atoms with Crippen LogP contribution in [0, 0.1) is 6.92 Å². The summed E-state index contributed by atoms with van der Waals surface area (Å²) in [6.07, 6.45) is 2.67. The molecule has 1 aliphatic rings. The summed E-state index contributed by atoms with van der Waals surface area (Å²) in [6, 6.07) is -1.00. The molecule has 1 fully saturated rings. The van der Waals surface area contributed by atoms with Gasteiger partial charge in [-0.1, -0.05) is 5.16 Å². The molecule has 45 heavy (non-hydrogen) atoms. The van der Waals surface area contributed by atoms with Crippen LogP contribution in [0.4, 0.5) is 24.9 Å². The summed E-state index contributed by atoms with van der Waals surface area (Å²) < 4.78 is 48.7. The van der Waals surface area contributed by atoms with Gasteiger partial charge in [0.2, 0.25) is 11.9 Å². The van der Waals surface area contributed by atoms with Crippen molar-refractivity contribution in [2.24, 2.45) is 7.05 Å². The average molecular weight is 626 g/mol. The van der Waals surface area contributed by atoms with E-state index in [9.17, 15) is 27.6 Å². The molecule has 234 valence electrons. The van der Waals surface area contributed by atoms with E-state index in [2.05, 4.69) is 35.4 Å². The van der Waals surface area contributed by atoms with Crippen LogP contribution >= 0.6 is 0 Å². The molecule has 0 spiro atoms. The molecule has 0 bridgehead atoms. The Bertz CT molecular complexity index is 2010. The van der Waals surface area contributed by atoms with Crippen molar-refractivity contribution in [3.05, 3.63) is 69.5 Å². The van der Waals surface area contributed by atoms with Gasteiger partial charge in [0.15, 0.2) is 17.0 Å². The Morgan fingerprint density at radius 1 is 1.16 bits per heavy atom. The van der Waals surface area contributed by atoms with Gasteiger partial charge in [-0.05, 0) is 26.7 Å². The van der Waals surface area contributed by atoms with Gasteiger partial charge in [0.05, 0.1) is 31.0 Å². The minimum absolute atomic E-state index is 0.0220. The Morgan fingerprint density at radius 3 is 2.60 bits per heavy atom. The molecule has 18 heteroatoms. The Morgan fingerprint density at radius 2 is 1.91 bits per heavy atom. The van der Waals surface area contributed by atoms with Gasteiger partial charge in [-0.2, -0.15) is 13.2 Å². The van der Waals surface area contributed by atoms with Crippen LogP contribution in [0.5, 0.6) is 0 Å². The summed E-state index contributed by atoms with van der Waals surface area (Å²) in [5.74, 6) is -0.0125. The first-order chi connectivity index (χ1) is 21.4. The number of aryl methyl sites for hydroxylation is 2. The third-order valence-corrected chi connectivity index (χ3v) is 7.56. The van der Waals surface area contributed by atoms with Crippen LogP contribution in [-0.2, 0) is 18.4 Å². The molecule has 1 aliphatic heterocycles. The van der Waals surface area contributed by atoms with Crippen LogP contribution in [-0.4, -0.2) is 68.4 Å². The molecule has 0 aliphatic carbocycles. The number of rotatable bonds is 7. The summed E-state index contributed by atoms with van der Waals surface area (Å²) >= 11 is 0. The molecule has 1 unspecified atom stereocenters. The number of hydrogen-bond donors (Lipinski definition) is 1. The van der Waals surface area contributed by atoms with Crippen molar-refractivity contribution >= 4 is 28.8 Å². The highest BCUT2D eigenvalue weighted by atomic mass is 19.4. The van der Waals surface area contributed by atoms with Gasteiger partial charge in [-0.3, -0.25) is 23.7 Å². The molecule has 6 heterocycles. The fourth-order valence-electron chi connectivity index (χ4n) is 5.25. The monoisotopic (exact) mass is 625 g/mol. The first kappa shape index (κ1) is 29.6. The lowest BCUT2D eigenvalue weighted by molar-refractivity contribution is -0.146. The molecule has 2 atom stereocenters. The van der Waals surface area contributed by atoms with Crippen molar-refractivity contribution < 1.29 is 22.5 Å². The van der Waals surface area contributed by atoms with E-state index in [0.29, 0.717) is 23.4 Å². The molecule has 0 saturated carbocycles. The zero-order chi connectivity index (χ0) is 32.0. The van der Waals surface area contributed by atoms with Crippen molar-refractivity contribution in [3.63, 3.8) is 0 Å². The highest BCUT2D eigenvalue weighted by Gasteiger charge is 2.46. The van der Waals surface area contributed by atoms with Gasteiger partial charge in [-0.25, -0.2) is 24.7 Å². The van der Waals surface area contributed by atoms with Gasteiger partial charge < -0.3 is 19.3 Å². The highest BCUT2D eigenvalue weighted by Crippen LogP contribution is 2.34. The molecule has 5 aromatic rings. The number of nitrogens with one attached hydrogen (secondary N) is 1. The van der Waals surface area contributed by atoms with Crippen molar-refractivity contribution in [3.8, 4) is 11.3 Å². The summed E-state index contributed by atoms with van der Waals surface area (Å²) in [7, 11) is 1.47. The standard InChI is InChI=1S/C27H26F3N11O4/c1-14-7-17(37-45-14)12-40-24(43)21-22(38(3)26(40)44)34-13-41(21)15(2)23(42)36-20-11-31-10-18(35-20)16-8-32-25(33-9-16)39-6-4-5-19(39)27(28,29)30/h7-11,13,15,19H,4-6,12H2,1-3H3,(H,35,36,42)/t15-,19?/m0/s1. The second-order valence-electron chi connectivity index (χ2n) is 10.6. The highest BCUT2D eigenvalue weighted by molar-refractivity contribution is 5.93. The van der Waals surface area contributed by atoms with Crippen molar-refractivity contribution in [1.82, 2.24) is 43.8 Å². The lowest BCUT2D eigenvalue weighted by Crippen LogP contribution is -2.42. The SMILES string of the molecule is Cc1cc(Cn2c(=O)c3c(ncn3[C@@H](C)C(=O)Nc3cncc(-c4cnc(N5CCCC5C(F)(F)F)nc4)n3)n(C)c2=O)no1. The fourth-order valence-corrected chi connectivity index (χ4v) is 5.25. The minimum Gasteiger partial charge on any atom is -0.361 e. The molecule has 15 nitrogen and oxygen atoms in total. The first-order valence-corrected chi connectivity index (χ1v) is 13.8. The van der Waals surface area contributed by atoms with E-state index >= 15 is 0 Å². The molecule has 1 amide bonds. The molecular weight excluding hydrogens is 599 g/mol. The first-order valence-electron chi connectivity index (χ1n) is 13.8. The van der Waals surface area contributed by atoms with E-state index in [4.69, 9.17) is 4.52 Å². The van der Waals surface area contributed by atoms with Crippen LogP contribution in [0.1, 0.15) is 37.3 Å². The van der Waals surface area contributed by atoms with Crippen LogP contribution < -0.4 is 21.5 Å². The maximum atomic E-state index is 13.5. The third-order valence-electron chi connectivity index (χ3n) is 7.56. The summed E-state index contributed by atoms with van der Waals surface area (Å²) in [5.41, 5.74) is -0.118. The average Bonchev–Trinajstić information content (AvgIpc) is 3.78. The summed E-state index contributed by atoms with van der Waals surface area (Å²) in [6.45, 7) is 3.28. The Balaban J connectivity index is 1.23. The number of imidazole rings is 1. The largest absolute Gasteiger partial charge is 0.408 e. The van der Waals surface area contributed by atoms with Crippen LogP contribution in [0.3, 0.4) is 0 Å². The van der Waals surface area contributed by atoms with Gasteiger partial charge >= 0.3 is 11.9 Å². The fraction of sp³-hybridized carbons (Fsp3) is 0.370. The quantitative estimate of drug-likeness (QED) is 0.281. The lowest BCUT2D eigenvalue weighted by Gasteiger charge is -2.26. The number of nitrogens with zero attached hydrogens (tertiary/aromatic N) is 10. The number of amides is 1. The van der Waals surface area contributed by atoms with E-state index < -0.39 is 35.4 Å². The number of aromatic nitrogens is 9. The minimum atomic E-state index is -4.39. The molecule has 5 aromatic heterocycles. The van der Waals surface area contributed by atoms with Gasteiger partial charge in [0.25, 0.3) is 5.56 Å². The Hall–Kier alpha value is -5.42. The van der Waals surface area contributed by atoms with Gasteiger partial charge in [0.1, 0.15) is 23.5 Å². The third kappa shape index (κ3) is 5.53. The maximum Gasteiger partial charge on any atom is 0.408 e. The van der Waals surface area contributed by atoms with Gasteiger partial charge in [0, 0.05) is 37.6 Å². The van der Waals surface area contributed by atoms with E-state index in [1.54, 1.807) is 19.9 Å². The van der Waals surface area contributed by atoms with Crippen LogP contribution in [0.15, 0.2) is 51.3 Å². The summed E-state index contributed by atoms with van der Waals surface area (Å²) in [5, 5.41) is 6.50. The maximum absolute atomic E-state index is 13.5. The zero-order valence-corrected chi connectivity index (χ0v) is 24.2. The summed E-state index contributed by atoms with van der Waals surface area (Å²) in [4.78, 5) is 61.7. The van der Waals surface area contributed by atoms with Crippen molar-refractivity contribution in [1.29, 1.82) is 0 Å². The smallest absolute Gasteiger partial charge is 0.361 e. The number of fused-ring (bicyclic) bond motifs is 1. The predicted octanol–water partition coefficient (Wildman–Crippen LogP) is 2.22.